The Morgan fingerprint density at radius 2 is 1.58 bits per heavy atom. The molecule has 1 rings (SSSR count). The first-order chi connectivity index (χ1) is 12.2. The van der Waals surface area contributed by atoms with Crippen LogP contribution < -0.4 is 16.0 Å². The van der Waals surface area contributed by atoms with Gasteiger partial charge in [0.1, 0.15) is 0 Å². The van der Waals surface area contributed by atoms with Crippen molar-refractivity contribution in [2.24, 2.45) is 0 Å². The first-order valence-electron chi connectivity index (χ1n) is 8.86. The molecule has 0 aliphatic heterocycles. The highest BCUT2D eigenvalue weighted by Crippen LogP contribution is 2.21. The number of likely N-dealkylation sites (N-methyl/N-ethyl adjacent to an activating group) is 1. The van der Waals surface area contributed by atoms with Gasteiger partial charge in [0.25, 0.3) is 0 Å². The molecule has 0 radical (unpaired) electrons. The number of carbonyl (C=O) groups is 3. The quantitative estimate of drug-likeness (QED) is 0.618. The van der Waals surface area contributed by atoms with Gasteiger partial charge in [0.05, 0.1) is 13.1 Å². The number of unbranched alkanes of at least 4 members (excludes halogenated alkanes) is 1. The summed E-state index contributed by atoms with van der Waals surface area (Å²) in [5, 5.41) is 7.76. The molecule has 0 saturated carbocycles. The summed E-state index contributed by atoms with van der Waals surface area (Å²) >= 11 is 0. The van der Waals surface area contributed by atoms with E-state index < -0.39 is 11.9 Å². The van der Waals surface area contributed by atoms with E-state index in [1.54, 1.807) is 11.9 Å². The van der Waals surface area contributed by atoms with E-state index in [0.717, 1.165) is 35.2 Å². The number of imide groups is 1. The van der Waals surface area contributed by atoms with Crippen LogP contribution in [0.15, 0.2) is 12.1 Å². The first kappa shape index (κ1) is 21.6. The number of aryl methyl sites for hydroxylation is 3. The zero-order valence-electron chi connectivity index (χ0n) is 16.4. The fourth-order valence-corrected chi connectivity index (χ4v) is 2.69. The zero-order valence-corrected chi connectivity index (χ0v) is 16.4. The molecule has 1 aromatic carbocycles. The summed E-state index contributed by atoms with van der Waals surface area (Å²) < 4.78 is 0. The van der Waals surface area contributed by atoms with Crippen LogP contribution >= 0.6 is 0 Å². The second-order valence-corrected chi connectivity index (χ2v) is 6.65. The number of hydrogen-bond acceptors (Lipinski definition) is 4. The topological polar surface area (TPSA) is 90.5 Å². The fourth-order valence-electron chi connectivity index (χ4n) is 2.69. The van der Waals surface area contributed by atoms with Crippen LogP contribution in [-0.2, 0) is 9.59 Å². The molecule has 0 aliphatic rings. The summed E-state index contributed by atoms with van der Waals surface area (Å²) in [6.45, 7) is 8.47. The Hall–Kier alpha value is -2.41. The maximum absolute atomic E-state index is 12.2. The summed E-state index contributed by atoms with van der Waals surface area (Å²) in [4.78, 5) is 37.2. The molecule has 26 heavy (non-hydrogen) atoms. The van der Waals surface area contributed by atoms with E-state index in [-0.39, 0.29) is 19.0 Å². The summed E-state index contributed by atoms with van der Waals surface area (Å²) in [5.41, 5.74) is 3.94. The van der Waals surface area contributed by atoms with Crippen LogP contribution in [-0.4, -0.2) is 49.4 Å². The first-order valence-corrected chi connectivity index (χ1v) is 8.86. The molecule has 0 bridgehead atoms. The van der Waals surface area contributed by atoms with Gasteiger partial charge in [-0.15, -0.1) is 0 Å². The van der Waals surface area contributed by atoms with Crippen molar-refractivity contribution in [2.45, 2.75) is 40.5 Å². The molecule has 7 heteroatoms. The van der Waals surface area contributed by atoms with Crippen molar-refractivity contribution in [3.8, 4) is 0 Å². The number of anilines is 1. The standard InChI is InChI=1S/C19H30N4O3/c1-6-7-8-20-19(26)22-17(25)12-23(5)11-16(24)21-18-14(3)9-13(2)10-15(18)4/h9-10H,6-8,11-12H2,1-5H3,(H,21,24)(H2,20,22,25,26). The van der Waals surface area contributed by atoms with Crippen LogP contribution in [0.5, 0.6) is 0 Å². The third kappa shape index (κ3) is 7.65. The van der Waals surface area contributed by atoms with E-state index in [9.17, 15) is 14.4 Å². The van der Waals surface area contributed by atoms with Gasteiger partial charge < -0.3 is 10.6 Å². The third-order valence-electron chi connectivity index (χ3n) is 3.84. The van der Waals surface area contributed by atoms with Crippen LogP contribution in [0.4, 0.5) is 10.5 Å². The van der Waals surface area contributed by atoms with Crippen molar-refractivity contribution in [1.29, 1.82) is 0 Å². The van der Waals surface area contributed by atoms with Crippen molar-refractivity contribution >= 4 is 23.5 Å². The molecular weight excluding hydrogens is 332 g/mol. The molecule has 4 amide bonds. The smallest absolute Gasteiger partial charge is 0.321 e. The van der Waals surface area contributed by atoms with E-state index in [1.807, 2.05) is 39.8 Å². The molecule has 0 aliphatic carbocycles. The van der Waals surface area contributed by atoms with Crippen molar-refractivity contribution in [3.63, 3.8) is 0 Å². The molecule has 1 aromatic rings. The van der Waals surface area contributed by atoms with Crippen LogP contribution in [0.2, 0.25) is 0 Å². The lowest BCUT2D eigenvalue weighted by Crippen LogP contribution is -2.45. The molecule has 0 spiro atoms. The average molecular weight is 362 g/mol. The Kier molecular flexibility index (Phi) is 8.78. The molecule has 7 nitrogen and oxygen atoms in total. The maximum Gasteiger partial charge on any atom is 0.321 e. The SMILES string of the molecule is CCCCNC(=O)NC(=O)CN(C)CC(=O)Nc1c(C)cc(C)cc1C. The predicted molar refractivity (Wildman–Crippen MR) is 103 cm³/mol. The van der Waals surface area contributed by atoms with Gasteiger partial charge in [0.15, 0.2) is 0 Å². The van der Waals surface area contributed by atoms with Crippen LogP contribution in [0.3, 0.4) is 0 Å². The monoisotopic (exact) mass is 362 g/mol. The Morgan fingerprint density at radius 1 is 1.00 bits per heavy atom. The lowest BCUT2D eigenvalue weighted by molar-refractivity contribution is -0.122. The number of urea groups is 1. The number of nitrogens with one attached hydrogen (secondary N) is 3. The van der Waals surface area contributed by atoms with E-state index in [2.05, 4.69) is 16.0 Å². The highest BCUT2D eigenvalue weighted by atomic mass is 16.2. The van der Waals surface area contributed by atoms with Gasteiger partial charge in [-0.25, -0.2) is 4.79 Å². The summed E-state index contributed by atoms with van der Waals surface area (Å²) in [6, 6.07) is 3.51. The molecule has 0 atom stereocenters. The molecular formula is C19H30N4O3. The minimum atomic E-state index is -0.507. The fraction of sp³-hybridized carbons (Fsp3) is 0.526. The Balaban J connectivity index is 2.45. The predicted octanol–water partition coefficient (Wildman–Crippen LogP) is 2.11. The second kappa shape index (κ2) is 10.6. The third-order valence-corrected chi connectivity index (χ3v) is 3.84. The summed E-state index contributed by atoms with van der Waals surface area (Å²) in [5.74, 6) is -0.653. The lowest BCUT2D eigenvalue weighted by Gasteiger charge is -2.17. The van der Waals surface area contributed by atoms with Gasteiger partial charge >= 0.3 is 6.03 Å². The molecule has 144 valence electrons. The van der Waals surface area contributed by atoms with Gasteiger partial charge in [0.2, 0.25) is 11.8 Å². The molecule has 0 heterocycles. The van der Waals surface area contributed by atoms with E-state index >= 15 is 0 Å². The van der Waals surface area contributed by atoms with Crippen LogP contribution in [0.1, 0.15) is 36.5 Å². The van der Waals surface area contributed by atoms with Crippen molar-refractivity contribution < 1.29 is 14.4 Å². The molecule has 0 aromatic heterocycles. The van der Waals surface area contributed by atoms with Gasteiger partial charge in [-0.1, -0.05) is 31.0 Å². The van der Waals surface area contributed by atoms with E-state index in [1.165, 1.54) is 0 Å². The van der Waals surface area contributed by atoms with Crippen molar-refractivity contribution in [2.75, 3.05) is 32.0 Å². The summed E-state index contributed by atoms with van der Waals surface area (Å²) in [6.07, 6.45) is 1.82. The largest absolute Gasteiger partial charge is 0.338 e. The molecule has 0 unspecified atom stereocenters. The van der Waals surface area contributed by atoms with Crippen LogP contribution in [0, 0.1) is 20.8 Å². The minimum absolute atomic E-state index is 0.0412. The highest BCUT2D eigenvalue weighted by molar-refractivity contribution is 5.96. The zero-order chi connectivity index (χ0) is 19.7. The van der Waals surface area contributed by atoms with Crippen molar-refractivity contribution in [3.05, 3.63) is 28.8 Å². The number of carbonyl (C=O) groups excluding carboxylic acids is 3. The Bertz CT molecular complexity index is 635. The second-order valence-electron chi connectivity index (χ2n) is 6.65. The lowest BCUT2D eigenvalue weighted by atomic mass is 10.1. The average Bonchev–Trinajstić information content (AvgIpc) is 2.50. The van der Waals surface area contributed by atoms with Gasteiger partial charge in [-0.2, -0.15) is 0 Å². The van der Waals surface area contributed by atoms with E-state index in [0.29, 0.717) is 6.54 Å². The number of hydrogen-bond donors (Lipinski definition) is 3. The maximum atomic E-state index is 12.2. The van der Waals surface area contributed by atoms with Crippen molar-refractivity contribution in [1.82, 2.24) is 15.5 Å². The van der Waals surface area contributed by atoms with Gasteiger partial charge in [-0.05, 0) is 45.4 Å². The number of nitrogens with zero attached hydrogens (tertiary/aromatic N) is 1. The Morgan fingerprint density at radius 3 is 2.15 bits per heavy atom. The molecule has 0 fully saturated rings. The Labute approximate surface area is 155 Å². The minimum Gasteiger partial charge on any atom is -0.338 e. The normalized spacial score (nSPS) is 10.5. The number of amides is 4. The number of rotatable bonds is 8. The number of benzene rings is 1. The molecule has 3 N–H and O–H groups in total. The van der Waals surface area contributed by atoms with Gasteiger partial charge in [-0.3, -0.25) is 19.8 Å². The van der Waals surface area contributed by atoms with E-state index in [4.69, 9.17) is 0 Å². The van der Waals surface area contributed by atoms with Crippen LogP contribution in [0.25, 0.3) is 0 Å². The summed E-state index contributed by atoms with van der Waals surface area (Å²) in [7, 11) is 1.66. The molecule has 0 saturated heterocycles. The highest BCUT2D eigenvalue weighted by Gasteiger charge is 2.14. The van der Waals surface area contributed by atoms with Gasteiger partial charge in [0, 0.05) is 12.2 Å².